The van der Waals surface area contributed by atoms with Gasteiger partial charge >= 0.3 is 0 Å². The molecule has 108 valence electrons. The average Bonchev–Trinajstić information content (AvgIpc) is 2.89. The van der Waals surface area contributed by atoms with Gasteiger partial charge in [0.1, 0.15) is 5.75 Å². The molecule has 0 amide bonds. The highest BCUT2D eigenvalue weighted by atomic mass is 35.5. The predicted molar refractivity (Wildman–Crippen MR) is 83.5 cm³/mol. The molecule has 0 spiro atoms. The monoisotopic (exact) mass is 283 g/mol. The molecule has 0 bridgehead atoms. The standard InChI is InChI=1S/C16H25NO.ClH/c1-17-12-6-11-16(9-3-4-10-16)14-7-5-8-15(13-14)18-2;/h5,7-8,13,17H,3-4,6,9-12H2,1-2H3;1H. The first kappa shape index (κ1) is 16.3. The molecular weight excluding hydrogens is 258 g/mol. The van der Waals surface area contributed by atoms with Crippen molar-refractivity contribution in [3.8, 4) is 5.75 Å². The number of hydrogen-bond acceptors (Lipinski definition) is 2. The number of ether oxygens (including phenoxy) is 1. The van der Waals surface area contributed by atoms with Crippen LogP contribution in [0.2, 0.25) is 0 Å². The van der Waals surface area contributed by atoms with Gasteiger partial charge in [0.2, 0.25) is 0 Å². The quantitative estimate of drug-likeness (QED) is 0.799. The van der Waals surface area contributed by atoms with Crippen LogP contribution in [0.3, 0.4) is 0 Å². The van der Waals surface area contributed by atoms with Crippen molar-refractivity contribution in [2.24, 2.45) is 0 Å². The van der Waals surface area contributed by atoms with E-state index < -0.39 is 0 Å². The first-order valence-corrected chi connectivity index (χ1v) is 7.10. The Balaban J connectivity index is 0.00000180. The van der Waals surface area contributed by atoms with Gasteiger partial charge in [0.15, 0.2) is 0 Å². The Morgan fingerprint density at radius 3 is 2.63 bits per heavy atom. The molecule has 0 unspecified atom stereocenters. The lowest BCUT2D eigenvalue weighted by Gasteiger charge is -2.30. The van der Waals surface area contributed by atoms with Crippen LogP contribution in [0, 0.1) is 0 Å². The van der Waals surface area contributed by atoms with Gasteiger partial charge in [-0.3, -0.25) is 0 Å². The summed E-state index contributed by atoms with van der Waals surface area (Å²) < 4.78 is 5.37. The molecule has 0 saturated heterocycles. The van der Waals surface area contributed by atoms with Crippen molar-refractivity contribution < 1.29 is 4.74 Å². The minimum atomic E-state index is 0. The van der Waals surface area contributed by atoms with Crippen LogP contribution < -0.4 is 10.1 Å². The van der Waals surface area contributed by atoms with E-state index >= 15 is 0 Å². The Labute approximate surface area is 123 Å². The fourth-order valence-corrected chi connectivity index (χ4v) is 3.29. The summed E-state index contributed by atoms with van der Waals surface area (Å²) in [6, 6.07) is 8.70. The van der Waals surface area contributed by atoms with Gasteiger partial charge < -0.3 is 10.1 Å². The molecule has 0 aromatic heterocycles. The Hall–Kier alpha value is -0.730. The fourth-order valence-electron chi connectivity index (χ4n) is 3.29. The van der Waals surface area contributed by atoms with Gasteiger partial charge in [-0.1, -0.05) is 25.0 Å². The molecule has 0 aliphatic heterocycles. The van der Waals surface area contributed by atoms with Crippen molar-refractivity contribution in [1.29, 1.82) is 0 Å². The summed E-state index contributed by atoms with van der Waals surface area (Å²) in [6.45, 7) is 1.12. The third kappa shape index (κ3) is 3.87. The van der Waals surface area contributed by atoms with Crippen molar-refractivity contribution in [3.63, 3.8) is 0 Å². The summed E-state index contributed by atoms with van der Waals surface area (Å²) in [5.74, 6) is 0.993. The Bertz CT molecular complexity index is 375. The van der Waals surface area contributed by atoms with Crippen LogP contribution in [0.5, 0.6) is 5.75 Å². The number of methoxy groups -OCH3 is 1. The molecule has 1 aromatic carbocycles. The van der Waals surface area contributed by atoms with Crippen molar-refractivity contribution in [3.05, 3.63) is 29.8 Å². The van der Waals surface area contributed by atoms with Gasteiger partial charge in [0.25, 0.3) is 0 Å². The zero-order valence-corrected chi connectivity index (χ0v) is 12.9. The number of rotatable bonds is 6. The summed E-state index contributed by atoms with van der Waals surface area (Å²) >= 11 is 0. The molecule has 1 fully saturated rings. The molecule has 3 heteroatoms. The van der Waals surface area contributed by atoms with E-state index in [-0.39, 0.29) is 12.4 Å². The average molecular weight is 284 g/mol. The largest absolute Gasteiger partial charge is 0.497 e. The molecular formula is C16H26ClNO. The van der Waals surface area contributed by atoms with Crippen molar-refractivity contribution >= 4 is 12.4 Å². The minimum Gasteiger partial charge on any atom is -0.497 e. The van der Waals surface area contributed by atoms with Crippen LogP contribution in [0.15, 0.2) is 24.3 Å². The second-order valence-corrected chi connectivity index (χ2v) is 5.43. The van der Waals surface area contributed by atoms with E-state index in [1.54, 1.807) is 7.11 Å². The van der Waals surface area contributed by atoms with E-state index in [9.17, 15) is 0 Å². The Morgan fingerprint density at radius 1 is 1.26 bits per heavy atom. The fraction of sp³-hybridized carbons (Fsp3) is 0.625. The third-order valence-electron chi connectivity index (χ3n) is 4.32. The van der Waals surface area contributed by atoms with E-state index in [4.69, 9.17) is 4.74 Å². The van der Waals surface area contributed by atoms with E-state index in [0.29, 0.717) is 5.41 Å². The molecule has 1 aliphatic rings. The summed E-state index contributed by atoms with van der Waals surface area (Å²) in [6.07, 6.45) is 7.97. The van der Waals surface area contributed by atoms with Gasteiger partial charge in [-0.15, -0.1) is 12.4 Å². The topological polar surface area (TPSA) is 21.3 Å². The summed E-state index contributed by atoms with van der Waals surface area (Å²) in [5, 5.41) is 3.26. The number of benzene rings is 1. The van der Waals surface area contributed by atoms with E-state index in [1.165, 1.54) is 44.1 Å². The normalized spacial score (nSPS) is 16.9. The van der Waals surface area contributed by atoms with Crippen molar-refractivity contribution in [2.75, 3.05) is 20.7 Å². The van der Waals surface area contributed by atoms with Gasteiger partial charge in [0, 0.05) is 0 Å². The Morgan fingerprint density at radius 2 is 2.00 bits per heavy atom. The van der Waals surface area contributed by atoms with Crippen molar-refractivity contribution in [2.45, 2.75) is 43.9 Å². The van der Waals surface area contributed by atoms with Gasteiger partial charge in [-0.25, -0.2) is 0 Å². The summed E-state index contributed by atoms with van der Waals surface area (Å²) in [4.78, 5) is 0. The zero-order valence-electron chi connectivity index (χ0n) is 12.1. The molecule has 2 nitrogen and oxygen atoms in total. The second kappa shape index (κ2) is 7.76. The third-order valence-corrected chi connectivity index (χ3v) is 4.32. The van der Waals surface area contributed by atoms with Crippen molar-refractivity contribution in [1.82, 2.24) is 5.32 Å². The molecule has 0 atom stereocenters. The lowest BCUT2D eigenvalue weighted by molar-refractivity contribution is 0.382. The first-order valence-electron chi connectivity index (χ1n) is 7.10. The van der Waals surface area contributed by atoms with Gasteiger partial charge in [-0.05, 0) is 62.4 Å². The highest BCUT2D eigenvalue weighted by Crippen LogP contribution is 2.45. The lowest BCUT2D eigenvalue weighted by Crippen LogP contribution is -2.24. The maximum atomic E-state index is 5.37. The predicted octanol–water partition coefficient (Wildman–Crippen LogP) is 3.93. The van der Waals surface area contributed by atoms with Crippen LogP contribution in [0.1, 0.15) is 44.1 Å². The maximum Gasteiger partial charge on any atom is 0.119 e. The molecule has 0 heterocycles. The highest BCUT2D eigenvalue weighted by Gasteiger charge is 2.34. The first-order chi connectivity index (χ1) is 8.80. The second-order valence-electron chi connectivity index (χ2n) is 5.43. The summed E-state index contributed by atoms with van der Waals surface area (Å²) in [5.41, 5.74) is 1.89. The smallest absolute Gasteiger partial charge is 0.119 e. The van der Waals surface area contributed by atoms with E-state index in [0.717, 1.165) is 12.3 Å². The van der Waals surface area contributed by atoms with Crippen LogP contribution >= 0.6 is 12.4 Å². The molecule has 2 rings (SSSR count). The molecule has 1 N–H and O–H groups in total. The lowest BCUT2D eigenvalue weighted by atomic mass is 9.75. The number of hydrogen-bond donors (Lipinski definition) is 1. The maximum absolute atomic E-state index is 5.37. The van der Waals surface area contributed by atoms with Crippen LogP contribution in [-0.4, -0.2) is 20.7 Å². The molecule has 1 aromatic rings. The molecule has 1 saturated carbocycles. The minimum absolute atomic E-state index is 0. The van der Waals surface area contributed by atoms with E-state index in [2.05, 4.69) is 23.5 Å². The summed E-state index contributed by atoms with van der Waals surface area (Å²) in [7, 11) is 3.79. The molecule has 1 aliphatic carbocycles. The van der Waals surface area contributed by atoms with Crippen LogP contribution in [0.25, 0.3) is 0 Å². The molecule has 19 heavy (non-hydrogen) atoms. The van der Waals surface area contributed by atoms with Gasteiger partial charge in [-0.2, -0.15) is 0 Å². The van der Waals surface area contributed by atoms with Gasteiger partial charge in [0.05, 0.1) is 7.11 Å². The van der Waals surface area contributed by atoms with E-state index in [1.807, 2.05) is 13.1 Å². The Kier molecular flexibility index (Phi) is 6.67. The zero-order chi connectivity index (χ0) is 12.8. The number of halogens is 1. The highest BCUT2D eigenvalue weighted by molar-refractivity contribution is 5.85. The van der Waals surface area contributed by atoms with Crippen LogP contribution in [-0.2, 0) is 5.41 Å². The SMILES string of the molecule is CNCCCC1(c2cccc(OC)c2)CCCC1.Cl. The number of nitrogens with one attached hydrogen (secondary N) is 1. The molecule has 0 radical (unpaired) electrons. The van der Waals surface area contributed by atoms with Crippen LogP contribution in [0.4, 0.5) is 0 Å².